The van der Waals surface area contributed by atoms with Gasteiger partial charge in [0.2, 0.25) is 0 Å². The summed E-state index contributed by atoms with van der Waals surface area (Å²) in [4.78, 5) is 11.9. The molecule has 2 rings (SSSR count). The zero-order valence-electron chi connectivity index (χ0n) is 13.6. The second-order valence-corrected chi connectivity index (χ2v) is 7.56. The molecule has 1 aliphatic heterocycles. The van der Waals surface area contributed by atoms with Gasteiger partial charge in [0.25, 0.3) is 0 Å². The van der Waals surface area contributed by atoms with E-state index in [1.807, 2.05) is 6.92 Å². The van der Waals surface area contributed by atoms with Crippen LogP contribution in [0, 0.1) is 13.8 Å². The molecule has 1 aliphatic rings. The van der Waals surface area contributed by atoms with Crippen molar-refractivity contribution >= 4 is 17.8 Å². The molecule has 1 aromatic rings. The molecule has 1 heterocycles. The van der Waals surface area contributed by atoms with Crippen LogP contribution in [-0.2, 0) is 6.42 Å². The molecule has 4 nitrogen and oxygen atoms in total. The molecule has 2 amide bonds. The smallest absolute Gasteiger partial charge is 0.315 e. The van der Waals surface area contributed by atoms with E-state index in [0.717, 1.165) is 18.6 Å². The molecule has 2 atom stereocenters. The number of rotatable bonds is 5. The van der Waals surface area contributed by atoms with Crippen LogP contribution < -0.4 is 10.6 Å². The monoisotopic (exact) mass is 322 g/mol. The van der Waals surface area contributed by atoms with Crippen molar-refractivity contribution in [2.75, 3.05) is 18.1 Å². The normalized spacial score (nSPS) is 22.4. The van der Waals surface area contributed by atoms with Gasteiger partial charge in [0.05, 0.1) is 5.60 Å². The van der Waals surface area contributed by atoms with E-state index in [9.17, 15) is 9.90 Å². The zero-order valence-corrected chi connectivity index (χ0v) is 14.4. The van der Waals surface area contributed by atoms with Crippen LogP contribution in [0.3, 0.4) is 0 Å². The third-order valence-electron chi connectivity index (χ3n) is 3.86. The van der Waals surface area contributed by atoms with Gasteiger partial charge in [-0.25, -0.2) is 4.79 Å². The Balaban J connectivity index is 1.78. The van der Waals surface area contributed by atoms with E-state index >= 15 is 0 Å². The number of aryl methyl sites for hydroxylation is 2. The van der Waals surface area contributed by atoms with Crippen molar-refractivity contribution in [2.45, 2.75) is 45.3 Å². The number of nitrogens with one attached hydrogen (secondary N) is 2. The molecule has 22 heavy (non-hydrogen) atoms. The zero-order chi connectivity index (χ0) is 16.2. The maximum Gasteiger partial charge on any atom is 0.315 e. The molecule has 0 bridgehead atoms. The van der Waals surface area contributed by atoms with Gasteiger partial charge in [-0.05, 0) is 44.9 Å². The van der Waals surface area contributed by atoms with E-state index in [4.69, 9.17) is 0 Å². The van der Waals surface area contributed by atoms with Gasteiger partial charge in [0, 0.05) is 18.3 Å². The van der Waals surface area contributed by atoms with Crippen LogP contribution in [0.2, 0.25) is 0 Å². The summed E-state index contributed by atoms with van der Waals surface area (Å²) in [5.74, 6) is 1.66. The van der Waals surface area contributed by atoms with E-state index in [1.165, 1.54) is 16.7 Å². The summed E-state index contributed by atoms with van der Waals surface area (Å²) in [6, 6.07) is 6.30. The molecule has 1 saturated heterocycles. The molecule has 0 radical (unpaired) electrons. The molecular weight excluding hydrogens is 296 g/mol. The minimum Gasteiger partial charge on any atom is -0.387 e. The summed E-state index contributed by atoms with van der Waals surface area (Å²) in [5.41, 5.74) is 2.98. The number of urea groups is 1. The molecule has 1 aromatic carbocycles. The lowest BCUT2D eigenvalue weighted by atomic mass is 10.0. The predicted molar refractivity (Wildman–Crippen MR) is 92.5 cm³/mol. The number of carbonyl (C=O) groups is 1. The molecule has 0 saturated carbocycles. The van der Waals surface area contributed by atoms with Gasteiger partial charge in [0.15, 0.2) is 0 Å². The van der Waals surface area contributed by atoms with Crippen molar-refractivity contribution in [2.24, 2.45) is 0 Å². The number of amides is 2. The number of aliphatic hydroxyl groups is 1. The number of carbonyl (C=O) groups excluding carboxylic acids is 1. The molecular formula is C17H26N2O2S. The summed E-state index contributed by atoms with van der Waals surface area (Å²) < 4.78 is 0. The molecule has 1 fully saturated rings. The first-order valence-electron chi connectivity index (χ1n) is 7.78. The Bertz CT molecular complexity index is 507. The maximum absolute atomic E-state index is 11.9. The summed E-state index contributed by atoms with van der Waals surface area (Å²) in [6.45, 7) is 6.49. The Morgan fingerprint density at radius 2 is 2.05 bits per heavy atom. The second-order valence-electron chi connectivity index (χ2n) is 6.46. The summed E-state index contributed by atoms with van der Waals surface area (Å²) in [7, 11) is 0. The van der Waals surface area contributed by atoms with Crippen molar-refractivity contribution in [3.05, 3.63) is 34.9 Å². The first kappa shape index (κ1) is 17.2. The fourth-order valence-corrected chi connectivity index (χ4v) is 4.14. The van der Waals surface area contributed by atoms with Crippen LogP contribution in [-0.4, -0.2) is 40.8 Å². The quantitative estimate of drug-likeness (QED) is 0.780. The van der Waals surface area contributed by atoms with Gasteiger partial charge >= 0.3 is 6.03 Å². The van der Waals surface area contributed by atoms with E-state index in [-0.39, 0.29) is 12.1 Å². The van der Waals surface area contributed by atoms with Crippen molar-refractivity contribution in [3.8, 4) is 0 Å². The van der Waals surface area contributed by atoms with Crippen LogP contribution in [0.15, 0.2) is 18.2 Å². The Kier molecular flexibility index (Phi) is 5.75. The highest BCUT2D eigenvalue weighted by molar-refractivity contribution is 7.99. The Morgan fingerprint density at radius 3 is 2.64 bits per heavy atom. The molecule has 3 N–H and O–H groups in total. The Hall–Kier alpha value is -1.20. The van der Waals surface area contributed by atoms with Gasteiger partial charge in [0.1, 0.15) is 0 Å². The van der Waals surface area contributed by atoms with Gasteiger partial charge in [-0.1, -0.05) is 29.3 Å². The average molecular weight is 322 g/mol. The SMILES string of the molecule is Cc1cc(C)cc(CC(C)NC(=O)NCC2(O)CCSC2)c1. The van der Waals surface area contributed by atoms with E-state index in [2.05, 4.69) is 42.7 Å². The summed E-state index contributed by atoms with van der Waals surface area (Å²) in [5, 5.41) is 15.9. The van der Waals surface area contributed by atoms with Gasteiger partial charge in [-0.2, -0.15) is 11.8 Å². The average Bonchev–Trinajstić information content (AvgIpc) is 2.82. The molecule has 2 unspecified atom stereocenters. The minimum absolute atomic E-state index is 0.0498. The van der Waals surface area contributed by atoms with Gasteiger partial charge in [-0.3, -0.25) is 0 Å². The Labute approximate surface area is 137 Å². The standard InChI is InChI=1S/C17H26N2O2S/c1-12-6-13(2)8-15(7-12)9-14(3)19-16(20)18-10-17(21)4-5-22-11-17/h6-8,14,21H,4-5,9-11H2,1-3H3,(H2,18,19,20). The molecule has 5 heteroatoms. The van der Waals surface area contributed by atoms with Crippen molar-refractivity contribution in [1.82, 2.24) is 10.6 Å². The molecule has 0 spiro atoms. The van der Waals surface area contributed by atoms with E-state index in [0.29, 0.717) is 12.3 Å². The van der Waals surface area contributed by atoms with Crippen molar-refractivity contribution < 1.29 is 9.90 Å². The lowest BCUT2D eigenvalue weighted by molar-refractivity contribution is 0.0699. The molecule has 122 valence electrons. The molecule has 0 aliphatic carbocycles. The van der Waals surface area contributed by atoms with Crippen LogP contribution in [0.1, 0.15) is 30.0 Å². The van der Waals surface area contributed by atoms with Crippen molar-refractivity contribution in [3.63, 3.8) is 0 Å². The highest BCUT2D eigenvalue weighted by Gasteiger charge is 2.31. The number of benzene rings is 1. The first-order valence-corrected chi connectivity index (χ1v) is 8.93. The lowest BCUT2D eigenvalue weighted by Crippen LogP contribution is -2.48. The number of hydrogen-bond acceptors (Lipinski definition) is 3. The van der Waals surface area contributed by atoms with Crippen LogP contribution in [0.5, 0.6) is 0 Å². The van der Waals surface area contributed by atoms with Gasteiger partial charge in [-0.15, -0.1) is 0 Å². The highest BCUT2D eigenvalue weighted by atomic mass is 32.2. The van der Waals surface area contributed by atoms with Crippen LogP contribution in [0.25, 0.3) is 0 Å². The maximum atomic E-state index is 11.9. The van der Waals surface area contributed by atoms with E-state index in [1.54, 1.807) is 11.8 Å². The fraction of sp³-hybridized carbons (Fsp3) is 0.588. The third kappa shape index (κ3) is 5.21. The molecule has 0 aromatic heterocycles. The number of thioether (sulfide) groups is 1. The number of hydrogen-bond donors (Lipinski definition) is 3. The fourth-order valence-electron chi connectivity index (χ4n) is 2.85. The lowest BCUT2D eigenvalue weighted by Gasteiger charge is -2.22. The van der Waals surface area contributed by atoms with Crippen molar-refractivity contribution in [1.29, 1.82) is 0 Å². The first-order chi connectivity index (χ1) is 10.4. The topological polar surface area (TPSA) is 61.4 Å². The van der Waals surface area contributed by atoms with Crippen LogP contribution >= 0.6 is 11.8 Å². The second kappa shape index (κ2) is 7.38. The highest BCUT2D eigenvalue weighted by Crippen LogP contribution is 2.26. The van der Waals surface area contributed by atoms with Gasteiger partial charge < -0.3 is 15.7 Å². The van der Waals surface area contributed by atoms with Crippen LogP contribution in [0.4, 0.5) is 4.79 Å². The predicted octanol–water partition coefficient (Wildman–Crippen LogP) is 2.40. The third-order valence-corrected chi connectivity index (χ3v) is 5.10. The summed E-state index contributed by atoms with van der Waals surface area (Å²) in [6.07, 6.45) is 1.55. The Morgan fingerprint density at radius 1 is 1.36 bits per heavy atom. The van der Waals surface area contributed by atoms with E-state index < -0.39 is 5.60 Å². The largest absolute Gasteiger partial charge is 0.387 e. The minimum atomic E-state index is -0.737. The summed E-state index contributed by atoms with van der Waals surface area (Å²) >= 11 is 1.73.